The molecule has 102 valence electrons. The van der Waals surface area contributed by atoms with Gasteiger partial charge < -0.3 is 16.2 Å². The molecule has 0 aliphatic carbocycles. The second-order valence-electron chi connectivity index (χ2n) is 4.47. The van der Waals surface area contributed by atoms with E-state index < -0.39 is 6.04 Å². The largest absolute Gasteiger partial charge is 0.465 e. The van der Waals surface area contributed by atoms with Crippen LogP contribution in [0, 0.1) is 0 Å². The molecule has 0 saturated heterocycles. The van der Waals surface area contributed by atoms with Gasteiger partial charge in [0.15, 0.2) is 0 Å². The molecule has 0 aromatic carbocycles. The van der Waals surface area contributed by atoms with Gasteiger partial charge in [-0.25, -0.2) is 0 Å². The molecule has 0 saturated carbocycles. The average Bonchev–Trinajstić information content (AvgIpc) is 2.33. The quantitative estimate of drug-likeness (QED) is 0.430. The first-order chi connectivity index (χ1) is 8.22. The third kappa shape index (κ3) is 10.3. The van der Waals surface area contributed by atoms with E-state index in [1.807, 2.05) is 0 Å². The summed E-state index contributed by atoms with van der Waals surface area (Å²) < 4.78 is 5.06. The Bertz CT molecular complexity index is 186. The summed E-state index contributed by atoms with van der Waals surface area (Å²) in [6.07, 6.45) is 8.23. The number of carbonyl (C=O) groups excluding carboxylic acids is 1. The molecule has 0 amide bonds. The Labute approximate surface area is 105 Å². The monoisotopic (exact) mass is 244 g/mol. The Morgan fingerprint density at radius 2 is 1.76 bits per heavy atom. The molecule has 0 heterocycles. The second-order valence-corrected chi connectivity index (χ2v) is 4.47. The van der Waals surface area contributed by atoms with Crippen molar-refractivity contribution in [3.63, 3.8) is 0 Å². The first kappa shape index (κ1) is 16.4. The molecule has 4 N–H and O–H groups in total. The molecule has 17 heavy (non-hydrogen) atoms. The molecule has 4 heteroatoms. The van der Waals surface area contributed by atoms with Crippen molar-refractivity contribution < 1.29 is 9.53 Å². The Kier molecular flexibility index (Phi) is 11.4. The van der Waals surface area contributed by atoms with Crippen molar-refractivity contribution in [2.75, 3.05) is 13.2 Å². The van der Waals surface area contributed by atoms with Crippen LogP contribution in [-0.4, -0.2) is 25.2 Å². The van der Waals surface area contributed by atoms with Crippen LogP contribution in [0.5, 0.6) is 0 Å². The maximum atomic E-state index is 11.4. The number of carbonyl (C=O) groups is 1. The number of esters is 1. The zero-order chi connectivity index (χ0) is 12.9. The molecule has 0 aromatic heterocycles. The van der Waals surface area contributed by atoms with Gasteiger partial charge in [0.25, 0.3) is 0 Å². The summed E-state index contributed by atoms with van der Waals surface area (Å²) in [7, 11) is 0. The number of hydrogen-bond donors (Lipinski definition) is 2. The SMILES string of the molecule is CCCCOC(=O)C(N)CCCCCCCN. The molecule has 0 bridgehead atoms. The van der Waals surface area contributed by atoms with Crippen molar-refractivity contribution in [3.05, 3.63) is 0 Å². The smallest absolute Gasteiger partial charge is 0.322 e. The van der Waals surface area contributed by atoms with Crippen LogP contribution in [0.4, 0.5) is 0 Å². The Morgan fingerprint density at radius 1 is 1.12 bits per heavy atom. The highest BCUT2D eigenvalue weighted by Crippen LogP contribution is 2.07. The summed E-state index contributed by atoms with van der Waals surface area (Å²) >= 11 is 0. The van der Waals surface area contributed by atoms with Gasteiger partial charge in [-0.2, -0.15) is 0 Å². The minimum Gasteiger partial charge on any atom is -0.465 e. The fourth-order valence-corrected chi connectivity index (χ4v) is 1.58. The van der Waals surface area contributed by atoms with Crippen molar-refractivity contribution in [2.24, 2.45) is 11.5 Å². The van der Waals surface area contributed by atoms with E-state index in [0.29, 0.717) is 6.61 Å². The van der Waals surface area contributed by atoms with Gasteiger partial charge in [0.2, 0.25) is 0 Å². The molecular weight excluding hydrogens is 216 g/mol. The number of nitrogens with two attached hydrogens (primary N) is 2. The third-order valence-corrected chi connectivity index (χ3v) is 2.76. The van der Waals surface area contributed by atoms with E-state index in [1.54, 1.807) is 0 Å². The van der Waals surface area contributed by atoms with E-state index in [1.165, 1.54) is 12.8 Å². The molecular formula is C13H28N2O2. The van der Waals surface area contributed by atoms with E-state index in [9.17, 15) is 4.79 Å². The maximum absolute atomic E-state index is 11.4. The molecule has 0 aliphatic heterocycles. The zero-order valence-corrected chi connectivity index (χ0v) is 11.1. The van der Waals surface area contributed by atoms with Crippen molar-refractivity contribution in [2.45, 2.75) is 64.3 Å². The molecule has 0 aliphatic rings. The van der Waals surface area contributed by atoms with E-state index in [-0.39, 0.29) is 5.97 Å². The molecule has 4 nitrogen and oxygen atoms in total. The number of hydrogen-bond acceptors (Lipinski definition) is 4. The van der Waals surface area contributed by atoms with Crippen LogP contribution < -0.4 is 11.5 Å². The van der Waals surface area contributed by atoms with Gasteiger partial charge in [-0.1, -0.05) is 39.0 Å². The first-order valence-electron chi connectivity index (χ1n) is 6.84. The van der Waals surface area contributed by atoms with Gasteiger partial charge in [0.1, 0.15) is 6.04 Å². The lowest BCUT2D eigenvalue weighted by Gasteiger charge is -2.11. The highest BCUT2D eigenvalue weighted by Gasteiger charge is 2.13. The first-order valence-corrected chi connectivity index (χ1v) is 6.84. The number of ether oxygens (including phenoxy) is 1. The predicted octanol–water partition coefficient (Wildman–Crippen LogP) is 1.96. The molecule has 0 aromatic rings. The van der Waals surface area contributed by atoms with Crippen LogP contribution in [0.3, 0.4) is 0 Å². The lowest BCUT2D eigenvalue weighted by atomic mass is 10.1. The van der Waals surface area contributed by atoms with Crippen LogP contribution in [-0.2, 0) is 9.53 Å². The van der Waals surface area contributed by atoms with E-state index in [0.717, 1.165) is 45.1 Å². The standard InChI is InChI=1S/C13H28N2O2/c1-2-3-11-17-13(16)12(15)9-7-5-4-6-8-10-14/h12H,2-11,14-15H2,1H3. The van der Waals surface area contributed by atoms with Crippen molar-refractivity contribution >= 4 is 5.97 Å². The minimum absolute atomic E-state index is 0.250. The Morgan fingerprint density at radius 3 is 2.41 bits per heavy atom. The summed E-state index contributed by atoms with van der Waals surface area (Å²) in [5.41, 5.74) is 11.2. The molecule has 1 atom stereocenters. The molecule has 0 radical (unpaired) electrons. The lowest BCUT2D eigenvalue weighted by Crippen LogP contribution is -2.32. The fraction of sp³-hybridized carbons (Fsp3) is 0.923. The van der Waals surface area contributed by atoms with Crippen LogP contribution in [0.15, 0.2) is 0 Å². The van der Waals surface area contributed by atoms with Crippen LogP contribution >= 0.6 is 0 Å². The van der Waals surface area contributed by atoms with Gasteiger partial charge in [0, 0.05) is 0 Å². The lowest BCUT2D eigenvalue weighted by molar-refractivity contribution is -0.145. The fourth-order valence-electron chi connectivity index (χ4n) is 1.58. The van der Waals surface area contributed by atoms with Crippen LogP contribution in [0.2, 0.25) is 0 Å². The number of rotatable bonds is 11. The number of unbranched alkanes of at least 4 members (excludes halogenated alkanes) is 5. The van der Waals surface area contributed by atoms with E-state index in [4.69, 9.17) is 16.2 Å². The van der Waals surface area contributed by atoms with Gasteiger partial charge >= 0.3 is 5.97 Å². The van der Waals surface area contributed by atoms with E-state index in [2.05, 4.69) is 6.92 Å². The highest BCUT2D eigenvalue weighted by molar-refractivity contribution is 5.75. The van der Waals surface area contributed by atoms with Gasteiger partial charge in [-0.15, -0.1) is 0 Å². The summed E-state index contributed by atoms with van der Waals surface area (Å²) in [5.74, 6) is -0.250. The average molecular weight is 244 g/mol. The summed E-state index contributed by atoms with van der Waals surface area (Å²) in [6, 6.07) is -0.443. The Hall–Kier alpha value is -0.610. The van der Waals surface area contributed by atoms with Gasteiger partial charge in [0.05, 0.1) is 6.61 Å². The Balaban J connectivity index is 3.37. The maximum Gasteiger partial charge on any atom is 0.322 e. The van der Waals surface area contributed by atoms with Gasteiger partial charge in [-0.05, 0) is 25.8 Å². The van der Waals surface area contributed by atoms with E-state index >= 15 is 0 Å². The minimum atomic E-state index is -0.443. The topological polar surface area (TPSA) is 78.3 Å². The summed E-state index contributed by atoms with van der Waals surface area (Å²) in [6.45, 7) is 3.33. The zero-order valence-electron chi connectivity index (χ0n) is 11.1. The normalized spacial score (nSPS) is 12.4. The van der Waals surface area contributed by atoms with Crippen molar-refractivity contribution in [3.8, 4) is 0 Å². The predicted molar refractivity (Wildman–Crippen MR) is 70.6 cm³/mol. The molecule has 1 unspecified atom stereocenters. The molecule has 0 spiro atoms. The van der Waals surface area contributed by atoms with Crippen molar-refractivity contribution in [1.82, 2.24) is 0 Å². The van der Waals surface area contributed by atoms with Gasteiger partial charge in [-0.3, -0.25) is 4.79 Å². The second kappa shape index (κ2) is 11.9. The van der Waals surface area contributed by atoms with Crippen molar-refractivity contribution in [1.29, 1.82) is 0 Å². The molecule has 0 rings (SSSR count). The summed E-state index contributed by atoms with van der Waals surface area (Å²) in [5, 5.41) is 0. The van der Waals surface area contributed by atoms with Crippen LogP contribution in [0.25, 0.3) is 0 Å². The molecule has 0 fully saturated rings. The van der Waals surface area contributed by atoms with Crippen LogP contribution in [0.1, 0.15) is 58.3 Å². The highest BCUT2D eigenvalue weighted by atomic mass is 16.5. The summed E-state index contributed by atoms with van der Waals surface area (Å²) in [4.78, 5) is 11.4. The third-order valence-electron chi connectivity index (χ3n) is 2.76.